The molecule has 0 aromatic heterocycles. The number of hydrogen-bond donors (Lipinski definition) is 0. The van der Waals surface area contributed by atoms with Gasteiger partial charge in [-0.1, -0.05) is 33.1 Å². The maximum Gasteiger partial charge on any atom is 0.0579 e. The molecule has 1 aliphatic heterocycles. The molecule has 72 valence electrons. The lowest BCUT2D eigenvalue weighted by Crippen LogP contribution is -2.10. The monoisotopic (exact) mass is 170 g/mol. The van der Waals surface area contributed by atoms with Gasteiger partial charge < -0.3 is 4.74 Å². The molecule has 1 heterocycles. The molecular formula is C11H22O. The smallest absolute Gasteiger partial charge is 0.0579 e. The lowest BCUT2D eigenvalue weighted by molar-refractivity contribution is 0.0348. The summed E-state index contributed by atoms with van der Waals surface area (Å²) in [5, 5.41) is 0. The lowest BCUT2D eigenvalue weighted by atomic mass is 10.1. The number of unbranched alkanes of at least 4 members (excludes halogenated alkanes) is 1. The summed E-state index contributed by atoms with van der Waals surface area (Å²) in [7, 11) is 0. The first-order chi connectivity index (χ1) is 5.86. The molecule has 12 heavy (non-hydrogen) atoms. The van der Waals surface area contributed by atoms with Crippen molar-refractivity contribution in [2.75, 3.05) is 0 Å². The molecule has 0 saturated carbocycles. The van der Waals surface area contributed by atoms with Crippen LogP contribution in [0.5, 0.6) is 0 Å². The zero-order chi connectivity index (χ0) is 8.81. The predicted molar refractivity (Wildman–Crippen MR) is 52.3 cm³/mol. The van der Waals surface area contributed by atoms with E-state index in [1.807, 2.05) is 0 Å². The molecule has 1 aliphatic rings. The Balaban J connectivity index is 2.08. The third-order valence-electron chi connectivity index (χ3n) is 2.69. The minimum Gasteiger partial charge on any atom is -0.375 e. The first-order valence-electron chi connectivity index (χ1n) is 5.52. The normalized spacial score (nSPS) is 29.5. The van der Waals surface area contributed by atoms with Crippen molar-refractivity contribution in [3.63, 3.8) is 0 Å². The third kappa shape index (κ3) is 3.14. The molecule has 2 unspecified atom stereocenters. The highest BCUT2D eigenvalue weighted by Gasteiger charge is 2.23. The highest BCUT2D eigenvalue weighted by atomic mass is 16.5. The van der Waals surface area contributed by atoms with Crippen molar-refractivity contribution in [3.05, 3.63) is 0 Å². The van der Waals surface area contributed by atoms with Crippen LogP contribution in [0.25, 0.3) is 0 Å². The van der Waals surface area contributed by atoms with Crippen LogP contribution in [-0.4, -0.2) is 12.2 Å². The van der Waals surface area contributed by atoms with Gasteiger partial charge in [0.25, 0.3) is 0 Å². The summed E-state index contributed by atoms with van der Waals surface area (Å²) < 4.78 is 5.90. The summed E-state index contributed by atoms with van der Waals surface area (Å²) in [4.78, 5) is 0. The largest absolute Gasteiger partial charge is 0.375 e. The van der Waals surface area contributed by atoms with Crippen LogP contribution in [0.3, 0.4) is 0 Å². The van der Waals surface area contributed by atoms with Crippen LogP contribution in [0.1, 0.15) is 58.8 Å². The van der Waals surface area contributed by atoms with Gasteiger partial charge in [-0.05, 0) is 25.7 Å². The molecule has 0 N–H and O–H groups in total. The zero-order valence-corrected chi connectivity index (χ0v) is 8.51. The molecule has 1 fully saturated rings. The van der Waals surface area contributed by atoms with Crippen LogP contribution in [-0.2, 0) is 4.74 Å². The average Bonchev–Trinajstić information content (AvgIpc) is 2.50. The van der Waals surface area contributed by atoms with Crippen LogP contribution in [0, 0.1) is 0 Å². The quantitative estimate of drug-likeness (QED) is 0.613. The van der Waals surface area contributed by atoms with E-state index in [4.69, 9.17) is 4.74 Å². The van der Waals surface area contributed by atoms with E-state index in [0.717, 1.165) is 0 Å². The highest BCUT2D eigenvalue weighted by Crippen LogP contribution is 2.25. The van der Waals surface area contributed by atoms with Crippen molar-refractivity contribution in [2.24, 2.45) is 0 Å². The Morgan fingerprint density at radius 3 is 2.25 bits per heavy atom. The first-order valence-corrected chi connectivity index (χ1v) is 5.52. The molecule has 1 heteroatoms. The Kier molecular flexibility index (Phi) is 4.67. The summed E-state index contributed by atoms with van der Waals surface area (Å²) in [6, 6.07) is 0. The average molecular weight is 170 g/mol. The van der Waals surface area contributed by atoms with Gasteiger partial charge in [-0.2, -0.15) is 0 Å². The van der Waals surface area contributed by atoms with Gasteiger partial charge in [0, 0.05) is 0 Å². The third-order valence-corrected chi connectivity index (χ3v) is 2.69. The second kappa shape index (κ2) is 5.58. The molecule has 0 aromatic carbocycles. The summed E-state index contributed by atoms with van der Waals surface area (Å²) in [5.74, 6) is 0. The Labute approximate surface area is 76.5 Å². The molecular weight excluding hydrogens is 148 g/mol. The molecule has 0 bridgehead atoms. The first kappa shape index (κ1) is 10.0. The van der Waals surface area contributed by atoms with Crippen LogP contribution in [0.4, 0.5) is 0 Å². The van der Waals surface area contributed by atoms with E-state index < -0.39 is 0 Å². The fraction of sp³-hybridized carbons (Fsp3) is 1.00. The second-order valence-corrected chi connectivity index (χ2v) is 3.89. The van der Waals surface area contributed by atoms with Gasteiger partial charge in [-0.3, -0.25) is 0 Å². The fourth-order valence-corrected chi connectivity index (χ4v) is 1.96. The summed E-state index contributed by atoms with van der Waals surface area (Å²) in [6.07, 6.45) is 10.3. The molecule has 0 aromatic rings. The molecule has 1 nitrogen and oxygen atoms in total. The fourth-order valence-electron chi connectivity index (χ4n) is 1.96. The summed E-state index contributed by atoms with van der Waals surface area (Å²) >= 11 is 0. The Morgan fingerprint density at radius 2 is 1.67 bits per heavy atom. The Hall–Kier alpha value is -0.0400. The van der Waals surface area contributed by atoms with Gasteiger partial charge in [-0.15, -0.1) is 0 Å². The molecule has 1 saturated heterocycles. The van der Waals surface area contributed by atoms with Crippen LogP contribution < -0.4 is 0 Å². The molecule has 1 rings (SSSR count). The van der Waals surface area contributed by atoms with Crippen molar-refractivity contribution in [1.82, 2.24) is 0 Å². The molecule has 0 amide bonds. The highest BCUT2D eigenvalue weighted by molar-refractivity contribution is 4.72. The minimum atomic E-state index is 0.594. The van der Waals surface area contributed by atoms with E-state index in [-0.39, 0.29) is 0 Å². The predicted octanol–water partition coefficient (Wildman–Crippen LogP) is 3.52. The maximum absolute atomic E-state index is 5.90. The van der Waals surface area contributed by atoms with Gasteiger partial charge in [0.05, 0.1) is 12.2 Å². The zero-order valence-electron chi connectivity index (χ0n) is 8.51. The second-order valence-electron chi connectivity index (χ2n) is 3.89. The van der Waals surface area contributed by atoms with Gasteiger partial charge in [0.15, 0.2) is 0 Å². The minimum absolute atomic E-state index is 0.594. The topological polar surface area (TPSA) is 9.23 Å². The summed E-state index contributed by atoms with van der Waals surface area (Å²) in [6.45, 7) is 4.49. The summed E-state index contributed by atoms with van der Waals surface area (Å²) in [5.41, 5.74) is 0. The van der Waals surface area contributed by atoms with E-state index >= 15 is 0 Å². The SMILES string of the molecule is CCCCC1CCC(CCC)O1. The molecule has 0 radical (unpaired) electrons. The number of ether oxygens (including phenoxy) is 1. The van der Waals surface area contributed by atoms with Crippen molar-refractivity contribution >= 4 is 0 Å². The molecule has 2 atom stereocenters. The molecule has 0 spiro atoms. The standard InChI is InChI=1S/C11H22O/c1-3-5-7-11-9-8-10(12-11)6-4-2/h10-11H,3-9H2,1-2H3. The van der Waals surface area contributed by atoms with Crippen molar-refractivity contribution < 1.29 is 4.74 Å². The Bertz CT molecular complexity index is 112. The van der Waals surface area contributed by atoms with Gasteiger partial charge in [0.1, 0.15) is 0 Å². The van der Waals surface area contributed by atoms with Crippen LogP contribution in [0.15, 0.2) is 0 Å². The van der Waals surface area contributed by atoms with Gasteiger partial charge in [-0.25, -0.2) is 0 Å². The van der Waals surface area contributed by atoms with E-state index in [1.165, 1.54) is 44.9 Å². The van der Waals surface area contributed by atoms with Gasteiger partial charge >= 0.3 is 0 Å². The van der Waals surface area contributed by atoms with E-state index in [9.17, 15) is 0 Å². The van der Waals surface area contributed by atoms with Crippen LogP contribution >= 0.6 is 0 Å². The number of rotatable bonds is 5. The Morgan fingerprint density at radius 1 is 1.00 bits per heavy atom. The van der Waals surface area contributed by atoms with E-state index in [0.29, 0.717) is 12.2 Å². The van der Waals surface area contributed by atoms with Crippen molar-refractivity contribution in [3.8, 4) is 0 Å². The van der Waals surface area contributed by atoms with E-state index in [1.54, 1.807) is 0 Å². The maximum atomic E-state index is 5.90. The van der Waals surface area contributed by atoms with Crippen molar-refractivity contribution in [1.29, 1.82) is 0 Å². The van der Waals surface area contributed by atoms with E-state index in [2.05, 4.69) is 13.8 Å². The van der Waals surface area contributed by atoms with Gasteiger partial charge in [0.2, 0.25) is 0 Å². The lowest BCUT2D eigenvalue weighted by Gasteiger charge is -2.12. The number of hydrogen-bond acceptors (Lipinski definition) is 1. The van der Waals surface area contributed by atoms with Crippen molar-refractivity contribution in [2.45, 2.75) is 71.0 Å². The van der Waals surface area contributed by atoms with Crippen LogP contribution in [0.2, 0.25) is 0 Å². The molecule has 0 aliphatic carbocycles.